The van der Waals surface area contributed by atoms with Crippen LogP contribution in [0, 0.1) is 11.8 Å². The van der Waals surface area contributed by atoms with Gasteiger partial charge in [0.2, 0.25) is 5.91 Å². The Morgan fingerprint density at radius 3 is 1.92 bits per heavy atom. The third-order valence-corrected chi connectivity index (χ3v) is 6.43. The van der Waals surface area contributed by atoms with Crippen LogP contribution >= 0.6 is 0 Å². The van der Waals surface area contributed by atoms with Crippen molar-refractivity contribution < 1.29 is 34.1 Å². The van der Waals surface area contributed by atoms with E-state index in [4.69, 9.17) is 9.84 Å². The van der Waals surface area contributed by atoms with Crippen LogP contribution in [0.2, 0.25) is 0 Å². The summed E-state index contributed by atoms with van der Waals surface area (Å²) < 4.78 is 5.84. The molecule has 0 radical (unpaired) electrons. The largest absolute Gasteiger partial charge is 0.481 e. The fourth-order valence-corrected chi connectivity index (χ4v) is 4.52. The second kappa shape index (κ2) is 12.1. The van der Waals surface area contributed by atoms with Crippen molar-refractivity contribution in [2.75, 3.05) is 10.6 Å². The number of hydrogen-bond acceptors (Lipinski definition) is 5. The van der Waals surface area contributed by atoms with Crippen LogP contribution in [-0.4, -0.2) is 34.0 Å². The predicted octanol–water partition coefficient (Wildman–Crippen LogP) is 5.19. The van der Waals surface area contributed by atoms with Crippen molar-refractivity contribution in [1.82, 2.24) is 0 Å². The van der Waals surface area contributed by atoms with Crippen LogP contribution in [-0.2, 0) is 20.8 Å². The third kappa shape index (κ3) is 6.97. The molecule has 0 heterocycles. The normalized spacial score (nSPS) is 16.7. The Bertz CT molecular complexity index is 1320. The maximum absolute atomic E-state index is 12.7. The highest BCUT2D eigenvalue weighted by atomic mass is 16.5. The van der Waals surface area contributed by atoms with Crippen LogP contribution in [0.25, 0.3) is 0 Å². The fourth-order valence-electron chi connectivity index (χ4n) is 4.52. The van der Waals surface area contributed by atoms with Gasteiger partial charge in [0.05, 0.1) is 18.3 Å². The molecule has 3 aromatic carbocycles. The van der Waals surface area contributed by atoms with E-state index in [0.29, 0.717) is 46.8 Å². The second-order valence-electron chi connectivity index (χ2n) is 9.20. The summed E-state index contributed by atoms with van der Waals surface area (Å²) in [6.45, 7) is 0. The van der Waals surface area contributed by atoms with Gasteiger partial charge in [0.25, 0.3) is 5.91 Å². The molecule has 9 nitrogen and oxygen atoms in total. The number of carbonyl (C=O) groups excluding carboxylic acids is 2. The topological polar surface area (TPSA) is 142 Å². The fraction of sp³-hybridized carbons (Fsp3) is 0.241. The van der Waals surface area contributed by atoms with Crippen LogP contribution in [0.3, 0.4) is 0 Å². The Hall–Kier alpha value is -4.66. The van der Waals surface area contributed by atoms with Crippen molar-refractivity contribution in [2.24, 2.45) is 11.8 Å². The van der Waals surface area contributed by atoms with Gasteiger partial charge in [0.1, 0.15) is 11.5 Å². The van der Waals surface area contributed by atoms with Crippen molar-refractivity contribution >= 4 is 35.1 Å². The van der Waals surface area contributed by atoms with Crippen molar-refractivity contribution in [1.29, 1.82) is 0 Å². The summed E-state index contributed by atoms with van der Waals surface area (Å²) in [5.74, 6) is -2.64. The van der Waals surface area contributed by atoms with E-state index >= 15 is 0 Å². The van der Waals surface area contributed by atoms with Gasteiger partial charge in [0, 0.05) is 16.9 Å². The first-order valence-corrected chi connectivity index (χ1v) is 12.3. The number of carbonyl (C=O) groups is 4. The van der Waals surface area contributed by atoms with E-state index in [0.717, 1.165) is 12.8 Å². The average molecular weight is 517 g/mol. The smallest absolute Gasteiger partial charge is 0.307 e. The van der Waals surface area contributed by atoms with Crippen molar-refractivity contribution in [3.63, 3.8) is 0 Å². The van der Waals surface area contributed by atoms with Crippen molar-refractivity contribution in [2.45, 2.75) is 32.1 Å². The molecule has 0 aliphatic heterocycles. The number of aliphatic carboxylic acids is 2. The Labute approximate surface area is 219 Å². The summed E-state index contributed by atoms with van der Waals surface area (Å²) in [7, 11) is 0. The molecular formula is C29H28N2O7. The standard InChI is InChI=1S/C29H28N2O7/c32-26(33)17-18-4-3-5-19(16-18)27(34)30-20-8-12-22(13-9-20)38-23-14-10-21(11-15-23)31-28(35)24-6-1-2-7-25(24)29(36)37/h3-5,8-16,24-25H,1-2,6-7,17H2,(H,30,34)(H,31,35)(H,32,33)(H,36,37). The molecule has 196 valence electrons. The van der Waals surface area contributed by atoms with E-state index in [1.165, 1.54) is 0 Å². The number of amides is 2. The summed E-state index contributed by atoms with van der Waals surface area (Å²) in [4.78, 5) is 47.6. The van der Waals surface area contributed by atoms with Gasteiger partial charge in [0.15, 0.2) is 0 Å². The van der Waals surface area contributed by atoms with E-state index < -0.39 is 23.8 Å². The van der Waals surface area contributed by atoms with Gasteiger partial charge in [-0.05, 0) is 79.1 Å². The molecule has 2 amide bonds. The number of ether oxygens (including phenoxy) is 1. The Balaban J connectivity index is 1.32. The molecule has 4 N–H and O–H groups in total. The monoisotopic (exact) mass is 516 g/mol. The minimum absolute atomic E-state index is 0.161. The van der Waals surface area contributed by atoms with Gasteiger partial charge in [-0.15, -0.1) is 0 Å². The molecule has 1 fully saturated rings. The molecule has 1 aliphatic rings. The Morgan fingerprint density at radius 2 is 1.34 bits per heavy atom. The van der Waals surface area contributed by atoms with Gasteiger partial charge in [-0.2, -0.15) is 0 Å². The van der Waals surface area contributed by atoms with E-state index in [1.54, 1.807) is 72.8 Å². The minimum atomic E-state index is -0.967. The Morgan fingerprint density at radius 1 is 0.763 bits per heavy atom. The number of benzene rings is 3. The number of anilines is 2. The highest BCUT2D eigenvalue weighted by Gasteiger charge is 2.35. The summed E-state index contributed by atoms with van der Waals surface area (Å²) in [6.07, 6.45) is 2.59. The van der Waals surface area contributed by atoms with Crippen molar-refractivity contribution in [3.05, 3.63) is 83.9 Å². The molecule has 2 unspecified atom stereocenters. The third-order valence-electron chi connectivity index (χ3n) is 6.43. The summed E-state index contributed by atoms with van der Waals surface area (Å²) in [6, 6.07) is 20.0. The molecule has 0 saturated heterocycles. The van der Waals surface area contributed by atoms with Crippen LogP contribution in [0.15, 0.2) is 72.8 Å². The summed E-state index contributed by atoms with van der Waals surface area (Å²) in [5, 5.41) is 23.9. The molecule has 3 aromatic rings. The minimum Gasteiger partial charge on any atom is -0.481 e. The summed E-state index contributed by atoms with van der Waals surface area (Å²) >= 11 is 0. The SMILES string of the molecule is O=C(O)Cc1cccc(C(=O)Nc2ccc(Oc3ccc(NC(=O)C4CCCCC4C(=O)O)cc3)cc2)c1. The van der Waals surface area contributed by atoms with Gasteiger partial charge in [-0.1, -0.05) is 25.0 Å². The lowest BCUT2D eigenvalue weighted by molar-refractivity contribution is -0.147. The highest BCUT2D eigenvalue weighted by molar-refractivity contribution is 6.04. The molecule has 9 heteroatoms. The van der Waals surface area contributed by atoms with Crippen LogP contribution in [0.4, 0.5) is 11.4 Å². The number of carboxylic acids is 2. The molecule has 0 aromatic heterocycles. The number of carboxylic acid groups (broad SMARTS) is 2. The van der Waals surface area contributed by atoms with Gasteiger partial charge < -0.3 is 25.6 Å². The summed E-state index contributed by atoms with van der Waals surface area (Å²) in [5.41, 5.74) is 2.00. The lowest BCUT2D eigenvalue weighted by atomic mass is 9.78. The quantitative estimate of drug-likeness (QED) is 0.307. The predicted molar refractivity (Wildman–Crippen MR) is 140 cm³/mol. The molecule has 38 heavy (non-hydrogen) atoms. The zero-order valence-electron chi connectivity index (χ0n) is 20.6. The van der Waals surface area contributed by atoms with Crippen LogP contribution < -0.4 is 15.4 Å². The van der Waals surface area contributed by atoms with Crippen LogP contribution in [0.5, 0.6) is 11.5 Å². The molecule has 2 atom stereocenters. The van der Waals surface area contributed by atoms with E-state index in [1.807, 2.05) is 0 Å². The maximum Gasteiger partial charge on any atom is 0.307 e. The highest BCUT2D eigenvalue weighted by Crippen LogP contribution is 2.32. The zero-order chi connectivity index (χ0) is 27.1. The number of hydrogen-bond donors (Lipinski definition) is 4. The lowest BCUT2D eigenvalue weighted by Gasteiger charge is -2.27. The second-order valence-corrected chi connectivity index (χ2v) is 9.20. The van der Waals surface area contributed by atoms with Gasteiger partial charge >= 0.3 is 11.9 Å². The zero-order valence-corrected chi connectivity index (χ0v) is 20.6. The van der Waals surface area contributed by atoms with Crippen molar-refractivity contribution in [3.8, 4) is 11.5 Å². The van der Waals surface area contributed by atoms with E-state index in [2.05, 4.69) is 10.6 Å². The first-order chi connectivity index (χ1) is 18.3. The average Bonchev–Trinajstić information content (AvgIpc) is 2.90. The molecule has 4 rings (SSSR count). The van der Waals surface area contributed by atoms with Gasteiger partial charge in [-0.25, -0.2) is 0 Å². The molecule has 0 bridgehead atoms. The number of rotatable bonds is 9. The van der Waals surface area contributed by atoms with Gasteiger partial charge in [-0.3, -0.25) is 19.2 Å². The maximum atomic E-state index is 12.7. The molecular weight excluding hydrogens is 488 g/mol. The molecule has 1 saturated carbocycles. The molecule has 0 spiro atoms. The van der Waals surface area contributed by atoms with Crippen LogP contribution in [0.1, 0.15) is 41.6 Å². The lowest BCUT2D eigenvalue weighted by Crippen LogP contribution is -2.36. The molecule has 1 aliphatic carbocycles. The van der Waals surface area contributed by atoms with E-state index in [-0.39, 0.29) is 18.2 Å². The Kier molecular flexibility index (Phi) is 8.37. The van der Waals surface area contributed by atoms with E-state index in [9.17, 15) is 24.3 Å². The number of nitrogens with one attached hydrogen (secondary N) is 2. The first kappa shape index (κ1) is 26.4. The first-order valence-electron chi connectivity index (χ1n) is 12.3.